The first-order valence-electron chi connectivity index (χ1n) is 5.12. The van der Waals surface area contributed by atoms with E-state index in [0.29, 0.717) is 18.4 Å². The lowest BCUT2D eigenvalue weighted by atomic mass is 9.58. The summed E-state index contributed by atoms with van der Waals surface area (Å²) in [4.78, 5) is 11.4. The minimum atomic E-state index is -0.245. The van der Waals surface area contributed by atoms with Gasteiger partial charge < -0.3 is 9.84 Å². The molecule has 0 amide bonds. The first kappa shape index (κ1) is 7.80. The van der Waals surface area contributed by atoms with Crippen LogP contribution in [0, 0.1) is 23.7 Å². The Morgan fingerprint density at radius 3 is 2.92 bits per heavy atom. The molecule has 1 N–H and O–H groups in total. The first-order chi connectivity index (χ1) is 6.27. The van der Waals surface area contributed by atoms with Crippen LogP contribution >= 0.6 is 0 Å². The highest BCUT2D eigenvalue weighted by Gasteiger charge is 2.54. The van der Waals surface area contributed by atoms with Gasteiger partial charge in [0.05, 0.1) is 18.6 Å². The third-order valence-corrected chi connectivity index (χ3v) is 4.13. The van der Waals surface area contributed by atoms with Gasteiger partial charge in [-0.2, -0.15) is 0 Å². The van der Waals surface area contributed by atoms with Crippen molar-refractivity contribution in [1.82, 2.24) is 0 Å². The van der Waals surface area contributed by atoms with E-state index in [1.807, 2.05) is 0 Å². The zero-order valence-corrected chi connectivity index (χ0v) is 7.48. The van der Waals surface area contributed by atoms with Crippen LogP contribution in [0.3, 0.4) is 0 Å². The van der Waals surface area contributed by atoms with Gasteiger partial charge in [0.15, 0.2) is 0 Å². The molecule has 0 radical (unpaired) electrons. The standard InChI is InChI=1S/C10H14O3/c11-8-3-5-1-2-6(8)9-7(5)4-13-10(9)12/h5-9,11H,1-4H2/t5-,6+,7+,8-,9-/m0/s1. The fourth-order valence-corrected chi connectivity index (χ4v) is 3.48. The van der Waals surface area contributed by atoms with E-state index in [1.165, 1.54) is 6.42 Å². The predicted octanol–water partition coefficient (Wildman–Crippen LogP) is 0.566. The van der Waals surface area contributed by atoms with Gasteiger partial charge in [-0.05, 0) is 31.1 Å². The second kappa shape index (κ2) is 2.47. The highest BCUT2D eigenvalue weighted by atomic mass is 16.5. The van der Waals surface area contributed by atoms with Crippen molar-refractivity contribution >= 4 is 5.97 Å². The second-order valence-corrected chi connectivity index (χ2v) is 4.62. The van der Waals surface area contributed by atoms with Gasteiger partial charge in [0.25, 0.3) is 0 Å². The Hall–Kier alpha value is -0.570. The Balaban J connectivity index is 1.95. The SMILES string of the molecule is O=C1OC[C@@H]2[C@H]3CC[C@@H]([C@H]12)[C@@H](O)C3. The molecule has 13 heavy (non-hydrogen) atoms. The molecule has 4 rings (SSSR count). The summed E-state index contributed by atoms with van der Waals surface area (Å²) in [5.41, 5.74) is 0. The highest BCUT2D eigenvalue weighted by molar-refractivity contribution is 5.75. The number of hydrogen-bond donors (Lipinski definition) is 1. The molecule has 4 fully saturated rings. The van der Waals surface area contributed by atoms with Gasteiger partial charge in [0, 0.05) is 5.92 Å². The van der Waals surface area contributed by atoms with E-state index in [9.17, 15) is 9.90 Å². The maximum atomic E-state index is 11.4. The van der Waals surface area contributed by atoms with E-state index < -0.39 is 0 Å². The highest BCUT2D eigenvalue weighted by Crippen LogP contribution is 2.51. The summed E-state index contributed by atoms with van der Waals surface area (Å²) in [6, 6.07) is 0. The molecule has 0 unspecified atom stereocenters. The monoisotopic (exact) mass is 182 g/mol. The molecule has 72 valence electrons. The topological polar surface area (TPSA) is 46.5 Å². The lowest BCUT2D eigenvalue weighted by Gasteiger charge is -2.45. The summed E-state index contributed by atoms with van der Waals surface area (Å²) in [6.45, 7) is 0.609. The molecule has 3 heteroatoms. The van der Waals surface area contributed by atoms with Gasteiger partial charge in [-0.15, -0.1) is 0 Å². The van der Waals surface area contributed by atoms with Crippen molar-refractivity contribution in [1.29, 1.82) is 0 Å². The van der Waals surface area contributed by atoms with Crippen molar-refractivity contribution in [2.45, 2.75) is 25.4 Å². The molecule has 5 atom stereocenters. The average Bonchev–Trinajstić information content (AvgIpc) is 2.51. The van der Waals surface area contributed by atoms with Crippen LogP contribution in [-0.2, 0) is 9.53 Å². The number of ether oxygens (including phenoxy) is 1. The van der Waals surface area contributed by atoms with Crippen LogP contribution < -0.4 is 0 Å². The quantitative estimate of drug-likeness (QED) is 0.557. The van der Waals surface area contributed by atoms with Gasteiger partial charge >= 0.3 is 5.97 Å². The molecule has 0 aromatic rings. The van der Waals surface area contributed by atoms with Crippen molar-refractivity contribution in [2.24, 2.45) is 23.7 Å². The first-order valence-corrected chi connectivity index (χ1v) is 5.12. The fourth-order valence-electron chi connectivity index (χ4n) is 3.48. The van der Waals surface area contributed by atoms with E-state index >= 15 is 0 Å². The van der Waals surface area contributed by atoms with E-state index in [-0.39, 0.29) is 23.9 Å². The molecule has 4 aliphatic rings. The molecule has 2 bridgehead atoms. The Kier molecular flexibility index (Phi) is 1.48. The molecule has 3 saturated carbocycles. The largest absolute Gasteiger partial charge is 0.465 e. The van der Waals surface area contributed by atoms with Crippen LogP contribution in [0.15, 0.2) is 0 Å². The fraction of sp³-hybridized carbons (Fsp3) is 0.900. The molecular formula is C10H14O3. The summed E-state index contributed by atoms with van der Waals surface area (Å²) in [6.07, 6.45) is 2.84. The molecule has 0 spiro atoms. The Bertz CT molecular complexity index is 251. The molecular weight excluding hydrogens is 168 g/mol. The summed E-state index contributed by atoms with van der Waals surface area (Å²) in [5, 5.41) is 9.76. The van der Waals surface area contributed by atoms with Crippen LogP contribution in [-0.4, -0.2) is 23.8 Å². The van der Waals surface area contributed by atoms with Crippen molar-refractivity contribution in [3.05, 3.63) is 0 Å². The van der Waals surface area contributed by atoms with Crippen LogP contribution in [0.4, 0.5) is 0 Å². The van der Waals surface area contributed by atoms with Gasteiger partial charge in [0.2, 0.25) is 0 Å². The van der Waals surface area contributed by atoms with Crippen LogP contribution in [0.25, 0.3) is 0 Å². The number of fused-ring (bicyclic) bond motifs is 2. The molecule has 1 heterocycles. The summed E-state index contributed by atoms with van der Waals surface area (Å²) < 4.78 is 5.08. The van der Waals surface area contributed by atoms with Crippen molar-refractivity contribution in [3.63, 3.8) is 0 Å². The second-order valence-electron chi connectivity index (χ2n) is 4.62. The molecule has 3 nitrogen and oxygen atoms in total. The van der Waals surface area contributed by atoms with Crippen LogP contribution in [0.2, 0.25) is 0 Å². The van der Waals surface area contributed by atoms with Gasteiger partial charge in [-0.25, -0.2) is 0 Å². The maximum absolute atomic E-state index is 11.4. The predicted molar refractivity (Wildman–Crippen MR) is 44.8 cm³/mol. The van der Waals surface area contributed by atoms with Gasteiger partial charge in [-0.3, -0.25) is 4.79 Å². The van der Waals surface area contributed by atoms with Crippen LogP contribution in [0.1, 0.15) is 19.3 Å². The zero-order chi connectivity index (χ0) is 9.00. The third-order valence-electron chi connectivity index (χ3n) is 4.13. The molecule has 0 aromatic heterocycles. The average molecular weight is 182 g/mol. The number of rotatable bonds is 0. The minimum Gasteiger partial charge on any atom is -0.465 e. The summed E-state index contributed by atoms with van der Waals surface area (Å²) in [7, 11) is 0. The number of esters is 1. The van der Waals surface area contributed by atoms with Crippen LogP contribution in [0.5, 0.6) is 0 Å². The van der Waals surface area contributed by atoms with E-state index in [4.69, 9.17) is 4.74 Å². The van der Waals surface area contributed by atoms with Crippen molar-refractivity contribution < 1.29 is 14.6 Å². The smallest absolute Gasteiger partial charge is 0.309 e. The Labute approximate surface area is 77.1 Å². The number of cyclic esters (lactones) is 1. The number of hydrogen-bond acceptors (Lipinski definition) is 3. The summed E-state index contributed by atoms with van der Waals surface area (Å²) in [5.74, 6) is 1.14. The Morgan fingerprint density at radius 1 is 1.31 bits per heavy atom. The lowest BCUT2D eigenvalue weighted by molar-refractivity contribution is -0.147. The van der Waals surface area contributed by atoms with Crippen molar-refractivity contribution in [3.8, 4) is 0 Å². The van der Waals surface area contributed by atoms with E-state index in [2.05, 4.69) is 0 Å². The number of aliphatic hydroxyl groups excluding tert-OH is 1. The summed E-state index contributed by atoms with van der Waals surface area (Å²) >= 11 is 0. The molecule has 0 aromatic carbocycles. The van der Waals surface area contributed by atoms with E-state index in [1.54, 1.807) is 0 Å². The third kappa shape index (κ3) is 0.909. The Morgan fingerprint density at radius 2 is 2.15 bits per heavy atom. The molecule has 1 saturated heterocycles. The van der Waals surface area contributed by atoms with Gasteiger partial charge in [0.1, 0.15) is 0 Å². The number of aliphatic hydroxyl groups is 1. The molecule has 1 aliphatic heterocycles. The number of carbonyl (C=O) groups is 1. The van der Waals surface area contributed by atoms with Crippen molar-refractivity contribution in [2.75, 3.05) is 6.61 Å². The minimum absolute atomic E-state index is 0.0301. The van der Waals surface area contributed by atoms with E-state index in [0.717, 1.165) is 12.8 Å². The van der Waals surface area contributed by atoms with Gasteiger partial charge in [-0.1, -0.05) is 0 Å². The molecule has 3 aliphatic carbocycles. The maximum Gasteiger partial charge on any atom is 0.309 e. The normalized spacial score (nSPS) is 53.3. The number of carbonyl (C=O) groups excluding carboxylic acids is 1. The zero-order valence-electron chi connectivity index (χ0n) is 7.48. The lowest BCUT2D eigenvalue weighted by Crippen LogP contribution is -2.48.